The molecule has 0 spiro atoms. The van der Waals surface area contributed by atoms with Crippen molar-refractivity contribution in [1.29, 1.82) is 0 Å². The summed E-state index contributed by atoms with van der Waals surface area (Å²) in [7, 11) is 0. The van der Waals surface area contributed by atoms with Gasteiger partial charge in [0.15, 0.2) is 0 Å². The van der Waals surface area contributed by atoms with Gasteiger partial charge in [-0.25, -0.2) is 4.98 Å². The fourth-order valence-corrected chi connectivity index (χ4v) is 2.70. The maximum atomic E-state index is 12.9. The molecule has 142 valence electrons. The first-order chi connectivity index (χ1) is 12.2. The molecule has 1 heterocycles. The molecular weight excluding hydrogens is 343 g/mol. The van der Waals surface area contributed by atoms with Crippen molar-refractivity contribution in [2.45, 2.75) is 46.5 Å². The second-order valence-electron chi connectivity index (χ2n) is 6.68. The average molecular weight is 367 g/mol. The monoisotopic (exact) mass is 367 g/mol. The van der Waals surface area contributed by atoms with Gasteiger partial charge in [0.25, 0.3) is 0 Å². The van der Waals surface area contributed by atoms with Crippen LogP contribution < -0.4 is 0 Å². The molecule has 0 fully saturated rings. The molecule has 0 bridgehead atoms. The summed E-state index contributed by atoms with van der Waals surface area (Å²) < 4.78 is 40.4. The lowest BCUT2D eigenvalue weighted by Gasteiger charge is -2.22. The van der Waals surface area contributed by atoms with Crippen molar-refractivity contribution >= 4 is 5.91 Å². The Morgan fingerprint density at radius 2 is 2.04 bits per heavy atom. The van der Waals surface area contributed by atoms with E-state index in [0.717, 1.165) is 12.1 Å². The highest BCUT2D eigenvalue weighted by Gasteiger charge is 2.30. The van der Waals surface area contributed by atoms with E-state index in [1.807, 2.05) is 20.8 Å². The molecule has 2 aromatic rings. The number of alkyl halides is 3. The molecule has 4 nitrogen and oxygen atoms in total. The molecule has 1 aromatic heterocycles. The third kappa shape index (κ3) is 5.34. The average Bonchev–Trinajstić information content (AvgIpc) is 2.98. The number of rotatable bonds is 7. The van der Waals surface area contributed by atoms with Crippen LogP contribution in [0.15, 0.2) is 36.7 Å². The topological polar surface area (TPSA) is 38.1 Å². The van der Waals surface area contributed by atoms with Crippen molar-refractivity contribution in [3.05, 3.63) is 53.6 Å². The molecule has 7 heteroatoms. The lowest BCUT2D eigenvalue weighted by Crippen LogP contribution is -2.32. The first-order valence-corrected chi connectivity index (χ1v) is 8.64. The van der Waals surface area contributed by atoms with Gasteiger partial charge in [0.05, 0.1) is 12.1 Å². The van der Waals surface area contributed by atoms with Gasteiger partial charge < -0.3 is 9.47 Å². The third-order valence-corrected chi connectivity index (χ3v) is 4.06. The van der Waals surface area contributed by atoms with Crippen molar-refractivity contribution in [1.82, 2.24) is 14.5 Å². The van der Waals surface area contributed by atoms with E-state index in [-0.39, 0.29) is 18.4 Å². The number of benzene rings is 1. The van der Waals surface area contributed by atoms with Gasteiger partial charge in [-0.15, -0.1) is 0 Å². The molecule has 0 saturated carbocycles. The minimum Gasteiger partial charge on any atom is -0.335 e. The van der Waals surface area contributed by atoms with Crippen molar-refractivity contribution in [2.24, 2.45) is 5.92 Å². The standard InChI is InChI=1S/C19H24F3N3O/c1-4-24(18(26)10-14(2)3)13-17-23-8-9-25(17)12-15-6-5-7-16(11-15)19(20,21)22/h5-9,11,14H,4,10,12-13H2,1-3H3. The van der Waals surface area contributed by atoms with Gasteiger partial charge in [-0.3, -0.25) is 4.79 Å². The van der Waals surface area contributed by atoms with Gasteiger partial charge in [0, 0.05) is 31.9 Å². The van der Waals surface area contributed by atoms with Crippen LogP contribution in [-0.4, -0.2) is 26.9 Å². The van der Waals surface area contributed by atoms with Crippen molar-refractivity contribution < 1.29 is 18.0 Å². The number of aromatic nitrogens is 2. The Labute approximate surface area is 151 Å². The van der Waals surface area contributed by atoms with E-state index in [2.05, 4.69) is 4.98 Å². The molecule has 0 atom stereocenters. The molecule has 26 heavy (non-hydrogen) atoms. The van der Waals surface area contributed by atoms with Crippen LogP contribution in [0.25, 0.3) is 0 Å². The summed E-state index contributed by atoms with van der Waals surface area (Å²) in [5, 5.41) is 0. The summed E-state index contributed by atoms with van der Waals surface area (Å²) in [6.07, 6.45) is -0.585. The zero-order chi connectivity index (χ0) is 19.3. The Morgan fingerprint density at radius 3 is 2.65 bits per heavy atom. The van der Waals surface area contributed by atoms with E-state index in [1.54, 1.807) is 27.9 Å². The predicted molar refractivity (Wildman–Crippen MR) is 93.3 cm³/mol. The smallest absolute Gasteiger partial charge is 0.335 e. The largest absolute Gasteiger partial charge is 0.416 e. The Morgan fingerprint density at radius 1 is 1.31 bits per heavy atom. The van der Waals surface area contributed by atoms with Gasteiger partial charge in [0.1, 0.15) is 5.82 Å². The number of carbonyl (C=O) groups is 1. The third-order valence-electron chi connectivity index (χ3n) is 4.06. The highest BCUT2D eigenvalue weighted by Crippen LogP contribution is 2.29. The quantitative estimate of drug-likeness (QED) is 0.730. The van der Waals surface area contributed by atoms with Crippen LogP contribution in [0.4, 0.5) is 13.2 Å². The van der Waals surface area contributed by atoms with E-state index in [1.165, 1.54) is 6.07 Å². The number of hydrogen-bond acceptors (Lipinski definition) is 2. The number of hydrogen-bond donors (Lipinski definition) is 0. The molecule has 2 rings (SSSR count). The summed E-state index contributed by atoms with van der Waals surface area (Å²) in [6, 6.07) is 5.26. The number of halogens is 3. The van der Waals surface area contributed by atoms with Crippen LogP contribution in [0.3, 0.4) is 0 Å². The molecule has 0 N–H and O–H groups in total. The van der Waals surface area contributed by atoms with Crippen molar-refractivity contribution in [3.63, 3.8) is 0 Å². The second kappa shape index (κ2) is 8.38. The molecule has 0 aliphatic rings. The van der Waals surface area contributed by atoms with Crippen LogP contribution in [0.5, 0.6) is 0 Å². The normalized spacial score (nSPS) is 11.8. The number of amides is 1. The maximum Gasteiger partial charge on any atom is 0.416 e. The number of nitrogens with zero attached hydrogens (tertiary/aromatic N) is 3. The number of imidazole rings is 1. The summed E-state index contributed by atoms with van der Waals surface area (Å²) in [4.78, 5) is 18.3. The molecule has 0 radical (unpaired) electrons. The second-order valence-corrected chi connectivity index (χ2v) is 6.68. The highest BCUT2D eigenvalue weighted by molar-refractivity contribution is 5.76. The van der Waals surface area contributed by atoms with Crippen LogP contribution in [-0.2, 0) is 24.1 Å². The Kier molecular flexibility index (Phi) is 6.45. The van der Waals surface area contributed by atoms with Crippen LogP contribution >= 0.6 is 0 Å². The van der Waals surface area contributed by atoms with E-state index in [4.69, 9.17) is 0 Å². The molecule has 0 aliphatic carbocycles. The molecule has 1 amide bonds. The summed E-state index contributed by atoms with van der Waals surface area (Å²) >= 11 is 0. The fourth-order valence-electron chi connectivity index (χ4n) is 2.70. The van der Waals surface area contributed by atoms with Gasteiger partial charge in [-0.2, -0.15) is 13.2 Å². The highest BCUT2D eigenvalue weighted by atomic mass is 19.4. The maximum absolute atomic E-state index is 12.9. The Bertz CT molecular complexity index is 738. The lowest BCUT2D eigenvalue weighted by atomic mass is 10.1. The zero-order valence-corrected chi connectivity index (χ0v) is 15.3. The van der Waals surface area contributed by atoms with Crippen molar-refractivity contribution in [2.75, 3.05) is 6.54 Å². The van der Waals surface area contributed by atoms with E-state index < -0.39 is 11.7 Å². The predicted octanol–water partition coefficient (Wildman–Crippen LogP) is 4.34. The zero-order valence-electron chi connectivity index (χ0n) is 15.3. The minimum absolute atomic E-state index is 0.0520. The molecular formula is C19H24F3N3O. The lowest BCUT2D eigenvalue weighted by molar-refractivity contribution is -0.137. The van der Waals surface area contributed by atoms with E-state index in [9.17, 15) is 18.0 Å². The Hall–Kier alpha value is -2.31. The molecule has 1 aromatic carbocycles. The van der Waals surface area contributed by atoms with Crippen LogP contribution in [0.2, 0.25) is 0 Å². The van der Waals surface area contributed by atoms with Gasteiger partial charge in [0.2, 0.25) is 5.91 Å². The van der Waals surface area contributed by atoms with E-state index >= 15 is 0 Å². The fraction of sp³-hybridized carbons (Fsp3) is 0.474. The van der Waals surface area contributed by atoms with Gasteiger partial charge in [-0.05, 0) is 30.5 Å². The first kappa shape index (κ1) is 20.0. The van der Waals surface area contributed by atoms with Gasteiger partial charge in [-0.1, -0.05) is 26.0 Å². The number of carbonyl (C=O) groups excluding carboxylic acids is 1. The minimum atomic E-state index is -4.37. The molecule has 0 unspecified atom stereocenters. The van der Waals surface area contributed by atoms with E-state index in [0.29, 0.717) is 30.9 Å². The first-order valence-electron chi connectivity index (χ1n) is 8.64. The molecule has 0 saturated heterocycles. The van der Waals surface area contributed by atoms with Crippen LogP contribution in [0, 0.1) is 5.92 Å². The summed E-state index contributed by atoms with van der Waals surface area (Å²) in [5.74, 6) is 0.971. The van der Waals surface area contributed by atoms with Crippen molar-refractivity contribution in [3.8, 4) is 0 Å². The summed E-state index contributed by atoms with van der Waals surface area (Å²) in [6.45, 7) is 7.05. The van der Waals surface area contributed by atoms with Gasteiger partial charge >= 0.3 is 6.18 Å². The Balaban J connectivity index is 2.14. The van der Waals surface area contributed by atoms with Crippen LogP contribution in [0.1, 0.15) is 44.1 Å². The molecule has 0 aliphatic heterocycles. The SMILES string of the molecule is CCN(Cc1nccn1Cc1cccc(C(F)(F)F)c1)C(=O)CC(C)C. The summed E-state index contributed by atoms with van der Waals surface area (Å²) in [5.41, 5.74) is -0.130.